The number of carbonyl (C=O) groups excluding carboxylic acids is 2. The molecule has 31 heavy (non-hydrogen) atoms. The quantitative estimate of drug-likeness (QED) is 0.549. The first-order valence-electron chi connectivity index (χ1n) is 10.3. The second kappa shape index (κ2) is 8.13. The molecule has 1 aliphatic rings. The third-order valence-electron chi connectivity index (χ3n) is 4.98. The maximum atomic E-state index is 11.9. The van der Waals surface area contributed by atoms with Gasteiger partial charge in [0, 0.05) is 34.3 Å². The molecule has 5 heteroatoms. The van der Waals surface area contributed by atoms with Crippen LogP contribution in [0.5, 0.6) is 0 Å². The van der Waals surface area contributed by atoms with Gasteiger partial charge < -0.3 is 10.4 Å². The number of carbonyl (C=O) groups is 2. The normalized spacial score (nSPS) is 16.0. The van der Waals surface area contributed by atoms with Gasteiger partial charge in [0.25, 0.3) is 0 Å². The number of Topliss-reactive ketones (excluding diaryl/α,β-unsaturated/α-hetero) is 2. The van der Waals surface area contributed by atoms with Crippen molar-refractivity contribution < 1.29 is 14.7 Å². The molecule has 0 bridgehead atoms. The molecule has 0 spiro atoms. The minimum absolute atomic E-state index is 0.00507. The van der Waals surface area contributed by atoms with Crippen molar-refractivity contribution in [3.63, 3.8) is 0 Å². The van der Waals surface area contributed by atoms with Crippen LogP contribution in [0.4, 0.5) is 11.4 Å². The standard InChI is InChI=1S/C26H28N2O3/c1-16(29)18-7-9-22(20(13-18)11-12-26(5,6)31)27-24-15-25(3,4)28-23-10-8-19(17(2)30)14-21(23)24/h7-10,13-14,28,31H,15H2,1-6H3. The van der Waals surface area contributed by atoms with Crippen molar-refractivity contribution in [3.05, 3.63) is 58.7 Å². The maximum Gasteiger partial charge on any atom is 0.159 e. The van der Waals surface area contributed by atoms with Gasteiger partial charge in [-0.3, -0.25) is 14.6 Å². The molecule has 0 atom stereocenters. The molecule has 0 amide bonds. The second-order valence-electron chi connectivity index (χ2n) is 9.16. The molecular formula is C26H28N2O3. The van der Waals surface area contributed by atoms with E-state index in [2.05, 4.69) is 31.0 Å². The highest BCUT2D eigenvalue weighted by Gasteiger charge is 2.29. The summed E-state index contributed by atoms with van der Waals surface area (Å²) in [5, 5.41) is 13.5. The van der Waals surface area contributed by atoms with Crippen molar-refractivity contribution in [2.24, 2.45) is 4.99 Å². The lowest BCUT2D eigenvalue weighted by Gasteiger charge is -2.35. The van der Waals surface area contributed by atoms with Gasteiger partial charge in [0.05, 0.1) is 17.0 Å². The summed E-state index contributed by atoms with van der Waals surface area (Å²) in [6.07, 6.45) is 0.647. The summed E-state index contributed by atoms with van der Waals surface area (Å²) in [6, 6.07) is 10.8. The van der Waals surface area contributed by atoms with E-state index >= 15 is 0 Å². The topological polar surface area (TPSA) is 78.8 Å². The van der Waals surface area contributed by atoms with E-state index in [1.54, 1.807) is 39.0 Å². The summed E-state index contributed by atoms with van der Waals surface area (Å²) in [7, 11) is 0. The Morgan fingerprint density at radius 1 is 1.06 bits per heavy atom. The molecule has 1 heterocycles. The van der Waals surface area contributed by atoms with E-state index in [-0.39, 0.29) is 17.1 Å². The monoisotopic (exact) mass is 416 g/mol. The zero-order valence-electron chi connectivity index (χ0n) is 18.9. The third-order valence-corrected chi connectivity index (χ3v) is 4.98. The molecule has 3 rings (SSSR count). The van der Waals surface area contributed by atoms with Crippen LogP contribution in [0.3, 0.4) is 0 Å². The zero-order valence-corrected chi connectivity index (χ0v) is 18.9. The minimum atomic E-state index is -1.17. The minimum Gasteiger partial charge on any atom is -0.379 e. The van der Waals surface area contributed by atoms with Crippen LogP contribution in [-0.4, -0.2) is 33.5 Å². The van der Waals surface area contributed by atoms with Gasteiger partial charge in [-0.15, -0.1) is 0 Å². The fourth-order valence-electron chi connectivity index (χ4n) is 3.45. The Morgan fingerprint density at radius 3 is 2.29 bits per heavy atom. The number of anilines is 1. The molecule has 160 valence electrons. The van der Waals surface area contributed by atoms with Crippen LogP contribution in [0.15, 0.2) is 41.4 Å². The second-order valence-corrected chi connectivity index (χ2v) is 9.16. The largest absolute Gasteiger partial charge is 0.379 e. The Bertz CT molecular complexity index is 1160. The molecular weight excluding hydrogens is 388 g/mol. The number of ketones is 2. The average molecular weight is 417 g/mol. The molecule has 5 nitrogen and oxygen atoms in total. The predicted molar refractivity (Wildman–Crippen MR) is 125 cm³/mol. The summed E-state index contributed by atoms with van der Waals surface area (Å²) in [6.45, 7) is 10.5. The van der Waals surface area contributed by atoms with E-state index in [9.17, 15) is 14.7 Å². The third kappa shape index (κ3) is 5.48. The van der Waals surface area contributed by atoms with Crippen LogP contribution in [-0.2, 0) is 0 Å². The lowest BCUT2D eigenvalue weighted by Crippen LogP contribution is -2.38. The molecule has 0 radical (unpaired) electrons. The van der Waals surface area contributed by atoms with Crippen molar-refractivity contribution in [2.75, 3.05) is 5.32 Å². The van der Waals surface area contributed by atoms with Gasteiger partial charge in [-0.05, 0) is 77.9 Å². The van der Waals surface area contributed by atoms with Crippen LogP contribution in [0.25, 0.3) is 0 Å². The molecule has 0 aromatic heterocycles. The van der Waals surface area contributed by atoms with Crippen molar-refractivity contribution in [2.45, 2.75) is 59.1 Å². The highest BCUT2D eigenvalue weighted by Crippen LogP contribution is 2.34. The summed E-state index contributed by atoms with van der Waals surface area (Å²) < 4.78 is 0. The Balaban J connectivity index is 2.20. The van der Waals surface area contributed by atoms with E-state index in [1.165, 1.54) is 6.92 Å². The van der Waals surface area contributed by atoms with Crippen LogP contribution >= 0.6 is 0 Å². The van der Waals surface area contributed by atoms with Gasteiger partial charge >= 0.3 is 0 Å². The fourth-order valence-corrected chi connectivity index (χ4v) is 3.45. The number of nitrogens with one attached hydrogen (secondary N) is 1. The number of hydrogen-bond acceptors (Lipinski definition) is 5. The Labute approximate surface area is 183 Å². The number of rotatable bonds is 3. The smallest absolute Gasteiger partial charge is 0.159 e. The van der Waals surface area contributed by atoms with E-state index in [0.717, 1.165) is 17.0 Å². The molecule has 0 fully saturated rings. The highest BCUT2D eigenvalue weighted by atomic mass is 16.3. The van der Waals surface area contributed by atoms with Gasteiger partial charge in [-0.1, -0.05) is 11.8 Å². The van der Waals surface area contributed by atoms with Crippen LogP contribution in [0.1, 0.15) is 79.8 Å². The average Bonchev–Trinajstić information content (AvgIpc) is 2.65. The van der Waals surface area contributed by atoms with Crippen LogP contribution in [0, 0.1) is 11.8 Å². The molecule has 2 aromatic carbocycles. The zero-order chi connectivity index (χ0) is 23.0. The highest BCUT2D eigenvalue weighted by molar-refractivity contribution is 6.10. The first-order valence-corrected chi connectivity index (χ1v) is 10.3. The first-order chi connectivity index (χ1) is 14.3. The van der Waals surface area contributed by atoms with Gasteiger partial charge in [-0.2, -0.15) is 0 Å². The van der Waals surface area contributed by atoms with Crippen LogP contribution < -0.4 is 5.32 Å². The lowest BCUT2D eigenvalue weighted by molar-refractivity contribution is 0.100. The number of nitrogens with zero attached hydrogens (tertiary/aromatic N) is 1. The molecule has 1 aliphatic heterocycles. The predicted octanol–water partition coefficient (Wildman–Crippen LogP) is 4.93. The molecule has 0 saturated heterocycles. The molecule has 0 aliphatic carbocycles. The number of hydrogen-bond donors (Lipinski definition) is 2. The van der Waals surface area contributed by atoms with E-state index < -0.39 is 5.60 Å². The van der Waals surface area contributed by atoms with Gasteiger partial charge in [-0.25, -0.2) is 0 Å². The van der Waals surface area contributed by atoms with Crippen molar-refractivity contribution in [1.29, 1.82) is 0 Å². The summed E-state index contributed by atoms with van der Waals surface area (Å²) in [5.41, 5.74) is 3.60. The van der Waals surface area contributed by atoms with Gasteiger partial charge in [0.15, 0.2) is 11.6 Å². The Morgan fingerprint density at radius 2 is 1.68 bits per heavy atom. The number of fused-ring (bicyclic) bond motifs is 1. The molecule has 0 saturated carbocycles. The SMILES string of the molecule is CC(=O)c1ccc(N=C2CC(C)(C)Nc3ccc(C(C)=O)cc32)c(C#CC(C)(C)O)c1. The Hall–Kier alpha value is -3.23. The fraction of sp³-hybridized carbons (Fsp3) is 0.346. The summed E-state index contributed by atoms with van der Waals surface area (Å²) in [4.78, 5) is 28.7. The van der Waals surface area contributed by atoms with Crippen molar-refractivity contribution in [3.8, 4) is 11.8 Å². The van der Waals surface area contributed by atoms with Gasteiger partial charge in [0.1, 0.15) is 5.60 Å². The van der Waals surface area contributed by atoms with Crippen molar-refractivity contribution in [1.82, 2.24) is 0 Å². The van der Waals surface area contributed by atoms with E-state index in [1.807, 2.05) is 18.2 Å². The van der Waals surface area contributed by atoms with Crippen LogP contribution in [0.2, 0.25) is 0 Å². The number of aliphatic hydroxyl groups is 1. The number of aliphatic imine (C=N–C) groups is 1. The maximum absolute atomic E-state index is 11.9. The molecule has 2 aromatic rings. The number of benzene rings is 2. The van der Waals surface area contributed by atoms with Crippen molar-refractivity contribution >= 4 is 28.7 Å². The summed E-state index contributed by atoms with van der Waals surface area (Å²) in [5.74, 6) is 5.72. The first kappa shape index (κ1) is 22.5. The summed E-state index contributed by atoms with van der Waals surface area (Å²) >= 11 is 0. The van der Waals surface area contributed by atoms with E-state index in [4.69, 9.17) is 4.99 Å². The Kier molecular flexibility index (Phi) is 5.89. The lowest BCUT2D eigenvalue weighted by atomic mass is 9.86. The molecule has 2 N–H and O–H groups in total. The van der Waals surface area contributed by atoms with Gasteiger partial charge in [0.2, 0.25) is 0 Å². The molecule has 0 unspecified atom stereocenters. The van der Waals surface area contributed by atoms with E-state index in [0.29, 0.717) is 28.8 Å².